The SMILES string of the molecule is CC/C=C/C=C/C=C\C=C/C=C/CC(CC(=O)NC(CO)C(O)CCCCCCCCCCCCCCCC)OC(=O)CCCCCCCCCCCCCCCC. The first-order valence-corrected chi connectivity index (χ1v) is 24.6. The first kappa shape index (κ1) is 55.6. The van der Waals surface area contributed by atoms with E-state index in [1.54, 1.807) is 0 Å². The van der Waals surface area contributed by atoms with E-state index in [4.69, 9.17) is 4.74 Å². The number of carbonyl (C=O) groups is 2. The third kappa shape index (κ3) is 40.3. The molecule has 336 valence electrons. The van der Waals surface area contributed by atoms with Gasteiger partial charge in [0.2, 0.25) is 5.91 Å². The minimum atomic E-state index is -0.816. The van der Waals surface area contributed by atoms with Crippen LogP contribution >= 0.6 is 0 Å². The predicted octanol–water partition coefficient (Wildman–Crippen LogP) is 14.5. The molecule has 0 spiro atoms. The number of hydrogen-bond acceptors (Lipinski definition) is 5. The second kappa shape index (κ2) is 45.6. The van der Waals surface area contributed by atoms with Gasteiger partial charge in [-0.1, -0.05) is 255 Å². The standard InChI is InChI=1S/C52H93NO5/c1-4-7-10-13-16-19-22-24-26-29-32-35-38-41-44-50(55)49(47-54)53-51(56)46-48(43-40-37-34-31-28-21-18-15-12-9-6-3)58-52(57)45-42-39-36-33-30-27-25-23-20-17-14-11-8-5-2/h9,12,15,18,21,28,31,34,37,40,48-50,54-55H,4-8,10-11,13-14,16-17,19-20,22-27,29-30,32-33,35-36,38-39,41-47H2,1-3H3,(H,53,56)/b12-9+,18-15+,28-21-,34-31-,40-37+. The molecule has 3 atom stereocenters. The minimum absolute atomic E-state index is 0.0173. The second-order valence-electron chi connectivity index (χ2n) is 16.6. The summed E-state index contributed by atoms with van der Waals surface area (Å²) in [5, 5.41) is 23.7. The number of unbranched alkanes of at least 4 members (excludes halogenated alkanes) is 26. The summed E-state index contributed by atoms with van der Waals surface area (Å²) < 4.78 is 5.83. The molecule has 3 N–H and O–H groups in total. The molecule has 0 rings (SSSR count). The molecule has 58 heavy (non-hydrogen) atoms. The van der Waals surface area contributed by atoms with E-state index in [0.29, 0.717) is 19.3 Å². The van der Waals surface area contributed by atoms with Crippen molar-refractivity contribution in [3.8, 4) is 0 Å². The number of nitrogens with one attached hydrogen (secondary N) is 1. The average Bonchev–Trinajstić information content (AvgIpc) is 3.22. The van der Waals surface area contributed by atoms with E-state index in [1.165, 1.54) is 141 Å². The summed E-state index contributed by atoms with van der Waals surface area (Å²) >= 11 is 0. The van der Waals surface area contributed by atoms with Crippen LogP contribution in [-0.2, 0) is 14.3 Å². The van der Waals surface area contributed by atoms with E-state index in [0.717, 1.165) is 44.9 Å². The first-order valence-electron chi connectivity index (χ1n) is 24.6. The number of aliphatic hydroxyl groups excluding tert-OH is 2. The van der Waals surface area contributed by atoms with Crippen molar-refractivity contribution >= 4 is 11.9 Å². The molecule has 0 aliphatic heterocycles. The third-order valence-corrected chi connectivity index (χ3v) is 11.0. The van der Waals surface area contributed by atoms with Gasteiger partial charge in [-0.15, -0.1) is 0 Å². The number of esters is 1. The van der Waals surface area contributed by atoms with Crippen LogP contribution in [0.4, 0.5) is 0 Å². The van der Waals surface area contributed by atoms with Crippen molar-refractivity contribution in [1.29, 1.82) is 0 Å². The Kier molecular flexibility index (Phi) is 43.7. The second-order valence-corrected chi connectivity index (χ2v) is 16.6. The summed E-state index contributed by atoms with van der Waals surface area (Å²) in [5.41, 5.74) is 0. The van der Waals surface area contributed by atoms with Gasteiger partial charge < -0.3 is 20.3 Å². The summed E-state index contributed by atoms with van der Waals surface area (Å²) in [6, 6.07) is -0.738. The lowest BCUT2D eigenvalue weighted by Gasteiger charge is -2.24. The number of amides is 1. The van der Waals surface area contributed by atoms with Gasteiger partial charge in [0.1, 0.15) is 6.10 Å². The van der Waals surface area contributed by atoms with Gasteiger partial charge in [-0.2, -0.15) is 0 Å². The maximum Gasteiger partial charge on any atom is 0.306 e. The lowest BCUT2D eigenvalue weighted by molar-refractivity contribution is -0.150. The molecule has 0 radical (unpaired) electrons. The molecule has 0 aromatic heterocycles. The molecule has 0 saturated carbocycles. The van der Waals surface area contributed by atoms with E-state index < -0.39 is 18.2 Å². The van der Waals surface area contributed by atoms with Gasteiger partial charge >= 0.3 is 5.97 Å². The van der Waals surface area contributed by atoms with E-state index in [2.05, 4.69) is 32.2 Å². The quantitative estimate of drug-likeness (QED) is 0.0324. The summed E-state index contributed by atoms with van der Waals surface area (Å²) in [6.45, 7) is 6.30. The fourth-order valence-electron chi connectivity index (χ4n) is 7.28. The predicted molar refractivity (Wildman–Crippen MR) is 250 cm³/mol. The van der Waals surface area contributed by atoms with Gasteiger partial charge in [-0.05, 0) is 19.3 Å². The Morgan fingerprint density at radius 2 is 0.897 bits per heavy atom. The van der Waals surface area contributed by atoms with Gasteiger partial charge in [0.05, 0.1) is 25.2 Å². The largest absolute Gasteiger partial charge is 0.461 e. The lowest BCUT2D eigenvalue weighted by Crippen LogP contribution is -2.46. The Morgan fingerprint density at radius 1 is 0.517 bits per heavy atom. The highest BCUT2D eigenvalue weighted by Crippen LogP contribution is 2.17. The Morgan fingerprint density at radius 3 is 1.31 bits per heavy atom. The van der Waals surface area contributed by atoms with Crippen molar-refractivity contribution in [1.82, 2.24) is 5.32 Å². The monoisotopic (exact) mass is 812 g/mol. The third-order valence-electron chi connectivity index (χ3n) is 11.0. The van der Waals surface area contributed by atoms with E-state index >= 15 is 0 Å². The molecule has 0 bridgehead atoms. The lowest BCUT2D eigenvalue weighted by atomic mass is 10.0. The number of allylic oxidation sites excluding steroid dienone is 9. The number of carbonyl (C=O) groups excluding carboxylic acids is 2. The fraction of sp³-hybridized carbons (Fsp3) is 0.769. The van der Waals surface area contributed by atoms with Crippen molar-refractivity contribution in [2.24, 2.45) is 0 Å². The first-order chi connectivity index (χ1) is 28.5. The number of hydrogen-bond donors (Lipinski definition) is 3. The van der Waals surface area contributed by atoms with Crippen LogP contribution in [-0.4, -0.2) is 46.9 Å². The van der Waals surface area contributed by atoms with Crippen molar-refractivity contribution < 1.29 is 24.5 Å². The highest BCUT2D eigenvalue weighted by Gasteiger charge is 2.23. The Hall–Kier alpha value is -2.44. The van der Waals surface area contributed by atoms with E-state index in [-0.39, 0.29) is 24.9 Å². The maximum atomic E-state index is 13.1. The summed E-state index contributed by atoms with van der Waals surface area (Å²) in [4.78, 5) is 26.0. The van der Waals surface area contributed by atoms with Gasteiger partial charge in [-0.25, -0.2) is 0 Å². The Bertz CT molecular complexity index is 1050. The zero-order valence-corrected chi connectivity index (χ0v) is 38.2. The minimum Gasteiger partial charge on any atom is -0.461 e. The molecule has 3 unspecified atom stereocenters. The Balaban J connectivity index is 4.64. The number of ether oxygens (including phenoxy) is 1. The summed E-state index contributed by atoms with van der Waals surface area (Å²) in [7, 11) is 0. The van der Waals surface area contributed by atoms with Crippen LogP contribution in [0.25, 0.3) is 0 Å². The van der Waals surface area contributed by atoms with Gasteiger partial charge in [0.25, 0.3) is 0 Å². The molecule has 0 aliphatic rings. The van der Waals surface area contributed by atoms with E-state index in [1.807, 2.05) is 54.7 Å². The van der Waals surface area contributed by atoms with Crippen LogP contribution in [0.15, 0.2) is 60.8 Å². The summed E-state index contributed by atoms with van der Waals surface area (Å²) in [6.07, 6.45) is 55.9. The highest BCUT2D eigenvalue weighted by molar-refractivity contribution is 5.77. The molecule has 1 amide bonds. The van der Waals surface area contributed by atoms with Crippen LogP contribution in [0.1, 0.15) is 233 Å². The molecule has 0 heterocycles. The molecule has 0 fully saturated rings. The van der Waals surface area contributed by atoms with Gasteiger partial charge in [-0.3, -0.25) is 9.59 Å². The molecule has 0 aromatic carbocycles. The van der Waals surface area contributed by atoms with Crippen molar-refractivity contribution in [3.63, 3.8) is 0 Å². The molecular weight excluding hydrogens is 719 g/mol. The van der Waals surface area contributed by atoms with Gasteiger partial charge in [0, 0.05) is 12.8 Å². The Labute approximate surface area is 358 Å². The zero-order valence-electron chi connectivity index (χ0n) is 38.2. The number of aliphatic hydroxyl groups is 2. The van der Waals surface area contributed by atoms with Crippen molar-refractivity contribution in [2.45, 2.75) is 251 Å². The molecule has 0 aromatic rings. The number of rotatable bonds is 43. The van der Waals surface area contributed by atoms with Gasteiger partial charge in [0.15, 0.2) is 0 Å². The molecule has 6 heteroatoms. The van der Waals surface area contributed by atoms with Crippen LogP contribution in [0.5, 0.6) is 0 Å². The van der Waals surface area contributed by atoms with Crippen LogP contribution in [0.3, 0.4) is 0 Å². The van der Waals surface area contributed by atoms with Crippen LogP contribution in [0, 0.1) is 0 Å². The fourth-order valence-corrected chi connectivity index (χ4v) is 7.28. The normalized spacial score (nSPS) is 13.8. The van der Waals surface area contributed by atoms with Crippen LogP contribution in [0.2, 0.25) is 0 Å². The zero-order chi connectivity index (χ0) is 42.4. The highest BCUT2D eigenvalue weighted by atomic mass is 16.5. The topological polar surface area (TPSA) is 95.9 Å². The van der Waals surface area contributed by atoms with Crippen LogP contribution < -0.4 is 5.32 Å². The molecule has 0 saturated heterocycles. The summed E-state index contributed by atoms with van der Waals surface area (Å²) in [5.74, 6) is -0.604. The van der Waals surface area contributed by atoms with E-state index in [9.17, 15) is 19.8 Å². The van der Waals surface area contributed by atoms with Crippen molar-refractivity contribution in [2.75, 3.05) is 6.61 Å². The maximum absolute atomic E-state index is 13.1. The molecule has 6 nitrogen and oxygen atoms in total. The average molecular weight is 812 g/mol. The van der Waals surface area contributed by atoms with Crippen molar-refractivity contribution in [3.05, 3.63) is 60.8 Å². The molecular formula is C52H93NO5. The molecule has 0 aliphatic carbocycles. The smallest absolute Gasteiger partial charge is 0.306 e.